The van der Waals surface area contributed by atoms with Gasteiger partial charge in [-0.05, 0) is 50.8 Å². The summed E-state index contributed by atoms with van der Waals surface area (Å²) < 4.78 is 6.85. The topological polar surface area (TPSA) is 90.3 Å². The van der Waals surface area contributed by atoms with Crippen molar-refractivity contribution >= 4 is 51.7 Å². The number of aryl methyl sites for hydroxylation is 3. The van der Waals surface area contributed by atoms with E-state index in [9.17, 15) is 14.4 Å². The Hall–Kier alpha value is -2.56. The van der Waals surface area contributed by atoms with E-state index in [0.717, 1.165) is 58.8 Å². The molecule has 0 saturated carbocycles. The minimum Gasteiger partial charge on any atom is -0.462 e. The largest absolute Gasteiger partial charge is 0.462 e. The molecule has 1 aromatic carbocycles. The van der Waals surface area contributed by atoms with E-state index in [-0.39, 0.29) is 29.8 Å². The molecule has 1 aliphatic carbocycles. The summed E-state index contributed by atoms with van der Waals surface area (Å²) in [5.41, 5.74) is 4.02. The first-order chi connectivity index (χ1) is 17.0. The molecule has 0 atom stereocenters. The first kappa shape index (κ1) is 24.1. The number of ether oxygens (including phenoxy) is 1. The minimum absolute atomic E-state index is 0.0645. The Morgan fingerprint density at radius 1 is 1.20 bits per heavy atom. The highest BCUT2D eigenvalue weighted by Gasteiger charge is 2.29. The number of thioether (sulfide) groups is 2. The SMILES string of the molecule is CCOC(=O)c1c(NC(=O)CSc2nc3c(c(=O)n2-c2ccc(C)cc2)SCC3)sc2c1CCC2. The van der Waals surface area contributed by atoms with Crippen molar-refractivity contribution < 1.29 is 14.3 Å². The van der Waals surface area contributed by atoms with Crippen LogP contribution in [0.5, 0.6) is 0 Å². The Bertz CT molecular complexity index is 1360. The molecule has 0 bridgehead atoms. The van der Waals surface area contributed by atoms with Crippen molar-refractivity contribution in [3.8, 4) is 5.69 Å². The molecular formula is C25H25N3O4S3. The van der Waals surface area contributed by atoms with Gasteiger partial charge in [-0.3, -0.25) is 14.2 Å². The normalized spacial score (nSPS) is 14.0. The lowest BCUT2D eigenvalue weighted by molar-refractivity contribution is -0.113. The number of hydrogen-bond acceptors (Lipinski definition) is 8. The molecule has 0 spiro atoms. The Morgan fingerprint density at radius 2 is 2.00 bits per heavy atom. The van der Waals surface area contributed by atoms with E-state index in [1.54, 1.807) is 11.5 Å². The molecule has 35 heavy (non-hydrogen) atoms. The number of nitrogens with one attached hydrogen (secondary N) is 1. The molecule has 1 amide bonds. The number of amides is 1. The molecule has 0 fully saturated rings. The highest BCUT2D eigenvalue weighted by Crippen LogP contribution is 2.39. The van der Waals surface area contributed by atoms with Crippen molar-refractivity contribution in [1.82, 2.24) is 9.55 Å². The summed E-state index contributed by atoms with van der Waals surface area (Å²) in [7, 11) is 0. The minimum atomic E-state index is -0.388. The molecule has 2 aliphatic rings. The molecule has 182 valence electrons. The number of hydrogen-bond donors (Lipinski definition) is 1. The summed E-state index contributed by atoms with van der Waals surface area (Å²) in [6, 6.07) is 7.70. The van der Waals surface area contributed by atoms with Crippen molar-refractivity contribution in [1.29, 1.82) is 0 Å². The monoisotopic (exact) mass is 527 g/mol. The zero-order valence-corrected chi connectivity index (χ0v) is 22.0. The van der Waals surface area contributed by atoms with E-state index in [1.807, 2.05) is 31.2 Å². The van der Waals surface area contributed by atoms with Crippen LogP contribution in [0.15, 0.2) is 39.1 Å². The zero-order valence-electron chi connectivity index (χ0n) is 19.5. The van der Waals surface area contributed by atoms with E-state index in [1.165, 1.54) is 34.9 Å². The maximum absolute atomic E-state index is 13.3. The van der Waals surface area contributed by atoms with E-state index in [4.69, 9.17) is 9.72 Å². The molecule has 1 N–H and O–H groups in total. The number of carbonyl (C=O) groups is 2. The number of anilines is 1. The van der Waals surface area contributed by atoms with Gasteiger partial charge in [0.2, 0.25) is 5.91 Å². The van der Waals surface area contributed by atoms with Crippen molar-refractivity contribution in [2.45, 2.75) is 49.6 Å². The number of thiophene rings is 1. The van der Waals surface area contributed by atoms with E-state index >= 15 is 0 Å². The summed E-state index contributed by atoms with van der Waals surface area (Å²) >= 11 is 4.22. The predicted molar refractivity (Wildman–Crippen MR) is 141 cm³/mol. The van der Waals surface area contributed by atoms with Gasteiger partial charge in [0, 0.05) is 17.1 Å². The second kappa shape index (κ2) is 10.2. The molecule has 0 radical (unpaired) electrons. The molecule has 0 saturated heterocycles. The van der Waals surface area contributed by atoms with E-state index in [0.29, 0.717) is 20.6 Å². The number of benzene rings is 1. The molecule has 2 aromatic heterocycles. The lowest BCUT2D eigenvalue weighted by atomic mass is 10.1. The van der Waals surface area contributed by atoms with Crippen molar-refractivity contribution in [2.24, 2.45) is 0 Å². The fraction of sp³-hybridized carbons (Fsp3) is 0.360. The third-order valence-corrected chi connectivity index (χ3v) is 9.20. The number of fused-ring (bicyclic) bond motifs is 2. The van der Waals surface area contributed by atoms with Gasteiger partial charge < -0.3 is 10.1 Å². The highest BCUT2D eigenvalue weighted by molar-refractivity contribution is 8.00. The molecule has 7 nitrogen and oxygen atoms in total. The third kappa shape index (κ3) is 4.79. The molecular weight excluding hydrogens is 502 g/mol. The van der Waals surface area contributed by atoms with Crippen LogP contribution in [0.2, 0.25) is 0 Å². The van der Waals surface area contributed by atoms with Gasteiger partial charge in [-0.15, -0.1) is 23.1 Å². The van der Waals surface area contributed by atoms with Crippen LogP contribution in [-0.2, 0) is 28.8 Å². The van der Waals surface area contributed by atoms with E-state index in [2.05, 4.69) is 5.32 Å². The maximum atomic E-state index is 13.3. The molecule has 0 unspecified atom stereocenters. The van der Waals surface area contributed by atoms with Gasteiger partial charge >= 0.3 is 5.97 Å². The summed E-state index contributed by atoms with van der Waals surface area (Å²) in [6.07, 6.45) is 3.49. The van der Waals surface area contributed by atoms with Crippen LogP contribution < -0.4 is 10.9 Å². The first-order valence-electron chi connectivity index (χ1n) is 11.6. The molecule has 3 heterocycles. The Kier molecular flexibility index (Phi) is 7.04. The molecule has 1 aliphatic heterocycles. The number of carbonyl (C=O) groups excluding carboxylic acids is 2. The first-order valence-corrected chi connectivity index (χ1v) is 14.3. The van der Waals surface area contributed by atoms with Crippen LogP contribution in [0.25, 0.3) is 5.69 Å². The van der Waals surface area contributed by atoms with Gasteiger partial charge in [0.25, 0.3) is 5.56 Å². The maximum Gasteiger partial charge on any atom is 0.341 e. The van der Waals surface area contributed by atoms with Crippen LogP contribution >= 0.6 is 34.9 Å². The number of aromatic nitrogens is 2. The zero-order chi connectivity index (χ0) is 24.5. The van der Waals surface area contributed by atoms with Crippen LogP contribution in [0.4, 0.5) is 5.00 Å². The summed E-state index contributed by atoms with van der Waals surface area (Å²) in [5, 5.41) is 3.97. The number of nitrogens with zero attached hydrogens (tertiary/aromatic N) is 2. The predicted octanol–water partition coefficient (Wildman–Crippen LogP) is 4.65. The standard InChI is InChI=1S/C25H25N3O4S3/c1-3-32-24(31)20-16-5-4-6-18(16)35-22(20)27-19(29)13-34-25-26-17-11-12-33-21(17)23(30)28(25)15-9-7-14(2)8-10-15/h7-10H,3-6,11-13H2,1-2H3,(H,27,29). The van der Waals surface area contributed by atoms with Crippen molar-refractivity contribution in [2.75, 3.05) is 23.4 Å². The van der Waals surface area contributed by atoms with Gasteiger partial charge in [0.05, 0.1) is 34.2 Å². The molecule has 10 heteroatoms. The van der Waals surface area contributed by atoms with Crippen LogP contribution in [0.3, 0.4) is 0 Å². The number of esters is 1. The second-order valence-electron chi connectivity index (χ2n) is 8.36. The van der Waals surface area contributed by atoms with E-state index < -0.39 is 0 Å². The van der Waals surface area contributed by atoms with Crippen LogP contribution in [-0.4, -0.2) is 39.5 Å². The highest BCUT2D eigenvalue weighted by atomic mass is 32.2. The van der Waals surface area contributed by atoms with Crippen LogP contribution in [0, 0.1) is 6.92 Å². The quantitative estimate of drug-likeness (QED) is 0.272. The summed E-state index contributed by atoms with van der Waals surface area (Å²) in [6.45, 7) is 4.05. The average Bonchev–Trinajstić information content (AvgIpc) is 3.55. The summed E-state index contributed by atoms with van der Waals surface area (Å²) in [4.78, 5) is 45.4. The second-order valence-corrected chi connectivity index (χ2v) is 11.5. The smallest absolute Gasteiger partial charge is 0.341 e. The van der Waals surface area contributed by atoms with Crippen molar-refractivity contribution in [3.05, 3.63) is 61.9 Å². The summed E-state index contributed by atoms with van der Waals surface area (Å²) in [5.74, 6) is 0.260. The lowest BCUT2D eigenvalue weighted by Crippen LogP contribution is -2.24. The Labute approximate surface area is 215 Å². The molecule has 5 rings (SSSR count). The van der Waals surface area contributed by atoms with Gasteiger partial charge in [-0.2, -0.15) is 0 Å². The van der Waals surface area contributed by atoms with Crippen molar-refractivity contribution in [3.63, 3.8) is 0 Å². The van der Waals surface area contributed by atoms with Gasteiger partial charge in [0.1, 0.15) is 5.00 Å². The average molecular weight is 528 g/mol. The molecule has 3 aromatic rings. The fourth-order valence-corrected chi connectivity index (χ4v) is 7.46. The Morgan fingerprint density at radius 3 is 2.77 bits per heavy atom. The van der Waals surface area contributed by atoms with Gasteiger partial charge in [-0.25, -0.2) is 9.78 Å². The lowest BCUT2D eigenvalue weighted by Gasteiger charge is -2.14. The van der Waals surface area contributed by atoms with Gasteiger partial charge in [-0.1, -0.05) is 29.5 Å². The van der Waals surface area contributed by atoms with Crippen LogP contribution in [0.1, 0.15) is 45.4 Å². The Balaban J connectivity index is 1.39. The van der Waals surface area contributed by atoms with Gasteiger partial charge in [0.15, 0.2) is 5.16 Å². The fourth-order valence-electron chi connectivity index (χ4n) is 4.32. The number of rotatable bonds is 7. The third-order valence-electron chi connectivity index (χ3n) is 5.94.